The second kappa shape index (κ2) is 7.40. The average Bonchev–Trinajstić information content (AvgIpc) is 2.71. The lowest BCUT2D eigenvalue weighted by molar-refractivity contribution is 0.413. The van der Waals surface area contributed by atoms with Gasteiger partial charge in [0, 0.05) is 35.6 Å². The third kappa shape index (κ3) is 3.53. The molecule has 0 saturated carbocycles. The summed E-state index contributed by atoms with van der Waals surface area (Å²) in [5.41, 5.74) is 5.66. The minimum atomic E-state index is -0.0163. The van der Waals surface area contributed by atoms with E-state index >= 15 is 0 Å². The van der Waals surface area contributed by atoms with E-state index in [4.69, 9.17) is 9.73 Å². The Balaban J connectivity index is 1.76. The number of anilines is 1. The van der Waals surface area contributed by atoms with Crippen molar-refractivity contribution in [1.29, 1.82) is 0 Å². The highest BCUT2D eigenvalue weighted by atomic mass is 16.5. The monoisotopic (exact) mass is 384 g/mol. The number of likely N-dealkylation sites (N-methyl/N-ethyl adjacent to an activating group) is 1. The van der Waals surface area contributed by atoms with Gasteiger partial charge in [-0.1, -0.05) is 36.4 Å². The van der Waals surface area contributed by atoms with Crippen LogP contribution in [-0.4, -0.2) is 25.4 Å². The Labute approximate surface area is 173 Å². The zero-order valence-corrected chi connectivity index (χ0v) is 17.9. The highest BCUT2D eigenvalue weighted by Crippen LogP contribution is 2.41. The fourth-order valence-electron chi connectivity index (χ4n) is 4.38. The van der Waals surface area contributed by atoms with E-state index in [0.717, 1.165) is 23.5 Å². The number of benzene rings is 3. The summed E-state index contributed by atoms with van der Waals surface area (Å²) in [4.78, 5) is 7.16. The number of hydrogen-bond acceptors (Lipinski definition) is 3. The Morgan fingerprint density at radius 3 is 2.52 bits per heavy atom. The first-order valence-electron chi connectivity index (χ1n) is 10.2. The third-order valence-electron chi connectivity index (χ3n) is 5.73. The SMILES string of the molecule is CCN1c2cc(OC)c(C=Nc3ccc4ccccc4c3)cc2C(C)=CC1(C)C. The van der Waals surface area contributed by atoms with Crippen LogP contribution in [0.5, 0.6) is 5.75 Å². The molecule has 0 bridgehead atoms. The van der Waals surface area contributed by atoms with Crippen molar-refractivity contribution in [3.63, 3.8) is 0 Å². The van der Waals surface area contributed by atoms with Gasteiger partial charge in [-0.25, -0.2) is 0 Å². The molecule has 29 heavy (non-hydrogen) atoms. The van der Waals surface area contributed by atoms with Crippen LogP contribution in [0.1, 0.15) is 38.8 Å². The van der Waals surface area contributed by atoms with E-state index in [9.17, 15) is 0 Å². The number of nitrogens with zero attached hydrogens (tertiary/aromatic N) is 2. The van der Waals surface area contributed by atoms with Gasteiger partial charge in [0.1, 0.15) is 5.75 Å². The summed E-state index contributed by atoms with van der Waals surface area (Å²) >= 11 is 0. The van der Waals surface area contributed by atoms with Crippen molar-refractivity contribution in [2.45, 2.75) is 33.2 Å². The molecule has 3 heteroatoms. The molecule has 3 aromatic rings. The molecular weight excluding hydrogens is 356 g/mol. The molecule has 4 rings (SSSR count). The number of fused-ring (bicyclic) bond motifs is 2. The standard InChI is InChI=1S/C26H28N2O/c1-6-28-24-15-25(29-5)21(14-23(24)18(2)16-26(28,3)4)17-27-22-12-11-19-9-7-8-10-20(19)13-22/h7-17H,6H2,1-5H3. The van der Waals surface area contributed by atoms with E-state index in [-0.39, 0.29) is 5.54 Å². The van der Waals surface area contributed by atoms with Crippen LogP contribution in [0.4, 0.5) is 11.4 Å². The van der Waals surface area contributed by atoms with Gasteiger partial charge in [-0.2, -0.15) is 0 Å². The first-order chi connectivity index (χ1) is 13.9. The van der Waals surface area contributed by atoms with Crippen molar-refractivity contribution in [3.8, 4) is 5.75 Å². The molecular formula is C26H28N2O. The summed E-state index contributed by atoms with van der Waals surface area (Å²) in [6.07, 6.45) is 4.25. The molecule has 0 aliphatic carbocycles. The van der Waals surface area contributed by atoms with Crippen molar-refractivity contribution in [2.75, 3.05) is 18.6 Å². The predicted octanol–water partition coefficient (Wildman–Crippen LogP) is 6.62. The normalized spacial score (nSPS) is 15.5. The second-order valence-corrected chi connectivity index (χ2v) is 8.13. The summed E-state index contributed by atoms with van der Waals surface area (Å²) < 4.78 is 5.73. The summed E-state index contributed by atoms with van der Waals surface area (Å²) in [5, 5.41) is 2.42. The van der Waals surface area contributed by atoms with Crippen molar-refractivity contribution in [3.05, 3.63) is 71.8 Å². The molecule has 0 amide bonds. The maximum atomic E-state index is 5.73. The van der Waals surface area contributed by atoms with Gasteiger partial charge in [0.25, 0.3) is 0 Å². The van der Waals surface area contributed by atoms with Crippen molar-refractivity contribution in [2.24, 2.45) is 4.99 Å². The van der Waals surface area contributed by atoms with Crippen LogP contribution in [0.2, 0.25) is 0 Å². The number of hydrogen-bond donors (Lipinski definition) is 0. The maximum Gasteiger partial charge on any atom is 0.129 e. The zero-order valence-electron chi connectivity index (χ0n) is 17.9. The second-order valence-electron chi connectivity index (χ2n) is 8.13. The van der Waals surface area contributed by atoms with Crippen LogP contribution < -0.4 is 9.64 Å². The van der Waals surface area contributed by atoms with E-state index in [2.05, 4.69) is 93.3 Å². The minimum Gasteiger partial charge on any atom is -0.496 e. The topological polar surface area (TPSA) is 24.8 Å². The molecule has 0 radical (unpaired) electrons. The number of aliphatic imine (C=N–C) groups is 1. The largest absolute Gasteiger partial charge is 0.496 e. The van der Waals surface area contributed by atoms with Gasteiger partial charge in [-0.05, 0) is 62.2 Å². The Morgan fingerprint density at radius 2 is 1.79 bits per heavy atom. The molecule has 1 aliphatic heterocycles. The number of allylic oxidation sites excluding steroid dienone is 1. The zero-order chi connectivity index (χ0) is 20.6. The summed E-state index contributed by atoms with van der Waals surface area (Å²) in [6, 6.07) is 19.0. The molecule has 0 unspecified atom stereocenters. The lowest BCUT2D eigenvalue weighted by Crippen LogP contribution is -2.44. The summed E-state index contributed by atoms with van der Waals surface area (Å²) in [7, 11) is 1.72. The van der Waals surface area contributed by atoms with E-state index in [1.807, 2.05) is 6.21 Å². The van der Waals surface area contributed by atoms with Gasteiger partial charge >= 0.3 is 0 Å². The van der Waals surface area contributed by atoms with Gasteiger partial charge < -0.3 is 9.64 Å². The highest BCUT2D eigenvalue weighted by Gasteiger charge is 2.31. The Kier molecular flexibility index (Phi) is 4.91. The smallest absolute Gasteiger partial charge is 0.129 e. The first kappa shape index (κ1) is 19.3. The number of methoxy groups -OCH3 is 1. The fraction of sp³-hybridized carbons (Fsp3) is 0.269. The Hall–Kier alpha value is -3.07. The van der Waals surface area contributed by atoms with Crippen LogP contribution in [0.3, 0.4) is 0 Å². The summed E-state index contributed by atoms with van der Waals surface area (Å²) in [5.74, 6) is 0.845. The molecule has 3 nitrogen and oxygen atoms in total. The molecule has 148 valence electrons. The van der Waals surface area contributed by atoms with E-state index in [1.165, 1.54) is 27.6 Å². The van der Waals surface area contributed by atoms with Crippen molar-refractivity contribution < 1.29 is 4.74 Å². The molecule has 0 N–H and O–H groups in total. The van der Waals surface area contributed by atoms with Crippen LogP contribution in [-0.2, 0) is 0 Å². The Morgan fingerprint density at radius 1 is 1.03 bits per heavy atom. The third-order valence-corrected chi connectivity index (χ3v) is 5.73. The van der Waals surface area contributed by atoms with Gasteiger partial charge in [0.2, 0.25) is 0 Å². The van der Waals surface area contributed by atoms with Gasteiger partial charge in [-0.3, -0.25) is 4.99 Å². The highest BCUT2D eigenvalue weighted by molar-refractivity contribution is 5.93. The van der Waals surface area contributed by atoms with Crippen molar-refractivity contribution >= 4 is 33.9 Å². The molecule has 0 saturated heterocycles. The van der Waals surface area contributed by atoms with Crippen LogP contribution >= 0.6 is 0 Å². The number of ether oxygens (including phenoxy) is 1. The number of rotatable bonds is 4. The van der Waals surface area contributed by atoms with E-state index in [1.54, 1.807) is 7.11 Å². The van der Waals surface area contributed by atoms with Crippen LogP contribution in [0.15, 0.2) is 65.7 Å². The van der Waals surface area contributed by atoms with Crippen molar-refractivity contribution in [1.82, 2.24) is 0 Å². The lowest BCUT2D eigenvalue weighted by atomic mass is 9.88. The predicted molar refractivity (Wildman–Crippen MR) is 125 cm³/mol. The molecule has 0 fully saturated rings. The van der Waals surface area contributed by atoms with Gasteiger partial charge in [0.15, 0.2) is 0 Å². The van der Waals surface area contributed by atoms with E-state index < -0.39 is 0 Å². The van der Waals surface area contributed by atoms with Crippen LogP contribution in [0.25, 0.3) is 16.3 Å². The lowest BCUT2D eigenvalue weighted by Gasteiger charge is -2.43. The van der Waals surface area contributed by atoms with Crippen LogP contribution in [0, 0.1) is 0 Å². The first-order valence-corrected chi connectivity index (χ1v) is 10.2. The van der Waals surface area contributed by atoms with Gasteiger partial charge in [-0.15, -0.1) is 0 Å². The minimum absolute atomic E-state index is 0.0163. The molecule has 1 aliphatic rings. The van der Waals surface area contributed by atoms with Gasteiger partial charge in [0.05, 0.1) is 18.3 Å². The summed E-state index contributed by atoms with van der Waals surface area (Å²) in [6.45, 7) is 9.83. The average molecular weight is 385 g/mol. The fourth-order valence-corrected chi connectivity index (χ4v) is 4.38. The maximum absolute atomic E-state index is 5.73. The quantitative estimate of drug-likeness (QED) is 0.472. The molecule has 3 aromatic carbocycles. The Bertz CT molecular complexity index is 1120. The van der Waals surface area contributed by atoms with E-state index in [0.29, 0.717) is 0 Å². The molecule has 0 atom stereocenters. The molecule has 1 heterocycles. The molecule has 0 spiro atoms. The molecule has 0 aromatic heterocycles.